The fourth-order valence-electron chi connectivity index (χ4n) is 2.89. The lowest BCUT2D eigenvalue weighted by molar-refractivity contribution is 0.178. The molecule has 1 aromatic heterocycles. The summed E-state index contributed by atoms with van der Waals surface area (Å²) < 4.78 is 5.16. The van der Waals surface area contributed by atoms with Crippen molar-refractivity contribution in [2.24, 2.45) is 11.8 Å². The molecule has 5 heteroatoms. The maximum absolute atomic E-state index is 5.16. The summed E-state index contributed by atoms with van der Waals surface area (Å²) in [6.45, 7) is 6.85. The van der Waals surface area contributed by atoms with E-state index in [1.54, 1.807) is 7.11 Å². The molecular weight excluding hydrogens is 264 g/mol. The molecule has 21 heavy (non-hydrogen) atoms. The minimum atomic E-state index is 0.441. The highest BCUT2D eigenvalue weighted by Crippen LogP contribution is 2.31. The number of nitrogens with one attached hydrogen (secondary N) is 2. The number of hydrogen-bond acceptors (Lipinski definition) is 5. The van der Waals surface area contributed by atoms with Crippen LogP contribution >= 0.6 is 0 Å². The van der Waals surface area contributed by atoms with Gasteiger partial charge in [-0.3, -0.25) is 0 Å². The average molecular weight is 292 g/mol. The summed E-state index contributed by atoms with van der Waals surface area (Å²) in [6.07, 6.45) is 5.11. The Kier molecular flexibility index (Phi) is 6.23. The monoisotopic (exact) mass is 292 g/mol. The smallest absolute Gasteiger partial charge is 0.158 e. The van der Waals surface area contributed by atoms with Gasteiger partial charge in [0, 0.05) is 26.3 Å². The van der Waals surface area contributed by atoms with E-state index in [0.717, 1.165) is 48.8 Å². The van der Waals surface area contributed by atoms with Crippen LogP contribution in [0, 0.1) is 11.8 Å². The lowest BCUT2D eigenvalue weighted by atomic mass is 9.98. The van der Waals surface area contributed by atoms with E-state index >= 15 is 0 Å². The third kappa shape index (κ3) is 4.84. The fourth-order valence-corrected chi connectivity index (χ4v) is 2.89. The van der Waals surface area contributed by atoms with Crippen molar-refractivity contribution in [2.45, 2.75) is 46.1 Å². The first-order chi connectivity index (χ1) is 10.2. The lowest BCUT2D eigenvalue weighted by Gasteiger charge is -2.17. The van der Waals surface area contributed by atoms with E-state index in [2.05, 4.69) is 34.4 Å². The van der Waals surface area contributed by atoms with E-state index in [4.69, 9.17) is 4.74 Å². The number of hydrogen-bond donors (Lipinski definition) is 2. The van der Waals surface area contributed by atoms with Crippen LogP contribution in [0.4, 0.5) is 11.6 Å². The summed E-state index contributed by atoms with van der Waals surface area (Å²) in [5, 5.41) is 6.81. The molecule has 1 aliphatic carbocycles. The normalized spacial score (nSPS) is 21.5. The van der Waals surface area contributed by atoms with E-state index in [0.29, 0.717) is 6.61 Å². The Labute approximate surface area is 127 Å². The molecule has 2 rings (SSSR count). The molecule has 2 atom stereocenters. The number of ether oxygens (including phenoxy) is 1. The zero-order valence-electron chi connectivity index (χ0n) is 13.5. The fraction of sp³-hybridized carbons (Fsp3) is 0.750. The summed E-state index contributed by atoms with van der Waals surface area (Å²) in [4.78, 5) is 9.00. The van der Waals surface area contributed by atoms with Gasteiger partial charge < -0.3 is 15.4 Å². The first kappa shape index (κ1) is 16.0. The highest BCUT2D eigenvalue weighted by atomic mass is 16.5. The Morgan fingerprint density at radius 1 is 1.24 bits per heavy atom. The minimum absolute atomic E-state index is 0.441. The van der Waals surface area contributed by atoms with Crippen LogP contribution in [0.3, 0.4) is 0 Å². The summed E-state index contributed by atoms with van der Waals surface area (Å²) in [7, 11) is 1.67. The molecule has 0 amide bonds. The van der Waals surface area contributed by atoms with Gasteiger partial charge in [-0.1, -0.05) is 26.7 Å². The van der Waals surface area contributed by atoms with Crippen molar-refractivity contribution in [3.8, 4) is 0 Å². The molecule has 0 spiro atoms. The quantitative estimate of drug-likeness (QED) is 0.770. The van der Waals surface area contributed by atoms with Gasteiger partial charge in [-0.05, 0) is 24.7 Å². The van der Waals surface area contributed by atoms with Gasteiger partial charge in [-0.15, -0.1) is 0 Å². The molecule has 118 valence electrons. The minimum Gasteiger partial charge on any atom is -0.377 e. The second kappa shape index (κ2) is 8.17. The molecule has 0 bridgehead atoms. The van der Waals surface area contributed by atoms with Gasteiger partial charge in [0.05, 0.1) is 0 Å². The second-order valence-corrected chi connectivity index (χ2v) is 5.96. The van der Waals surface area contributed by atoms with Gasteiger partial charge in [-0.25, -0.2) is 9.97 Å². The van der Waals surface area contributed by atoms with Crippen molar-refractivity contribution >= 4 is 11.6 Å². The topological polar surface area (TPSA) is 59.1 Å². The number of rotatable bonds is 8. The summed E-state index contributed by atoms with van der Waals surface area (Å²) >= 11 is 0. The summed E-state index contributed by atoms with van der Waals surface area (Å²) in [5.41, 5.74) is 0. The number of nitrogens with zero attached hydrogens (tertiary/aromatic N) is 2. The largest absolute Gasteiger partial charge is 0.377 e. The number of aromatic nitrogens is 2. The van der Waals surface area contributed by atoms with Gasteiger partial charge in [-0.2, -0.15) is 0 Å². The SMILES string of the molecule is CCCNc1cc(NCC2CCCC2C)nc(COC)n1. The molecule has 0 saturated heterocycles. The second-order valence-electron chi connectivity index (χ2n) is 5.96. The predicted octanol–water partition coefficient (Wildman–Crippen LogP) is 3.29. The number of anilines is 2. The van der Waals surface area contributed by atoms with Crippen molar-refractivity contribution < 1.29 is 4.74 Å². The van der Waals surface area contributed by atoms with Gasteiger partial charge in [0.15, 0.2) is 5.82 Å². The van der Waals surface area contributed by atoms with Crippen LogP contribution in [0.2, 0.25) is 0 Å². The van der Waals surface area contributed by atoms with E-state index in [1.807, 2.05) is 6.07 Å². The van der Waals surface area contributed by atoms with Gasteiger partial charge >= 0.3 is 0 Å². The molecule has 0 aliphatic heterocycles. The Morgan fingerprint density at radius 2 is 2.00 bits per heavy atom. The third-order valence-electron chi connectivity index (χ3n) is 4.19. The summed E-state index contributed by atoms with van der Waals surface area (Å²) in [6, 6.07) is 1.99. The first-order valence-electron chi connectivity index (χ1n) is 8.07. The van der Waals surface area contributed by atoms with Crippen LogP contribution in [-0.2, 0) is 11.3 Å². The molecule has 2 N–H and O–H groups in total. The number of methoxy groups -OCH3 is 1. The maximum Gasteiger partial charge on any atom is 0.158 e. The van der Waals surface area contributed by atoms with E-state index in [9.17, 15) is 0 Å². The molecule has 2 unspecified atom stereocenters. The van der Waals surface area contributed by atoms with E-state index in [1.165, 1.54) is 19.3 Å². The molecule has 5 nitrogen and oxygen atoms in total. The molecular formula is C16H28N4O. The maximum atomic E-state index is 5.16. The van der Waals surface area contributed by atoms with Gasteiger partial charge in [0.25, 0.3) is 0 Å². The molecule has 1 saturated carbocycles. The van der Waals surface area contributed by atoms with Crippen LogP contribution in [-0.4, -0.2) is 30.2 Å². The molecule has 1 aromatic rings. The third-order valence-corrected chi connectivity index (χ3v) is 4.19. The first-order valence-corrected chi connectivity index (χ1v) is 8.07. The Morgan fingerprint density at radius 3 is 2.62 bits per heavy atom. The Hall–Kier alpha value is -1.36. The van der Waals surface area contributed by atoms with Crippen molar-refractivity contribution in [1.82, 2.24) is 9.97 Å². The van der Waals surface area contributed by atoms with Crippen molar-refractivity contribution in [1.29, 1.82) is 0 Å². The van der Waals surface area contributed by atoms with Gasteiger partial charge in [0.2, 0.25) is 0 Å². The molecule has 1 fully saturated rings. The predicted molar refractivity (Wildman–Crippen MR) is 86.5 cm³/mol. The molecule has 0 aromatic carbocycles. The zero-order chi connectivity index (χ0) is 15.1. The van der Waals surface area contributed by atoms with Crippen LogP contribution in [0.15, 0.2) is 6.07 Å². The van der Waals surface area contributed by atoms with Crippen LogP contribution < -0.4 is 10.6 Å². The van der Waals surface area contributed by atoms with Crippen LogP contribution in [0.25, 0.3) is 0 Å². The zero-order valence-corrected chi connectivity index (χ0v) is 13.5. The van der Waals surface area contributed by atoms with Crippen LogP contribution in [0.1, 0.15) is 45.4 Å². The van der Waals surface area contributed by atoms with Crippen molar-refractivity contribution in [3.05, 3.63) is 11.9 Å². The van der Waals surface area contributed by atoms with Crippen LogP contribution in [0.5, 0.6) is 0 Å². The highest BCUT2D eigenvalue weighted by Gasteiger charge is 2.23. The summed E-state index contributed by atoms with van der Waals surface area (Å²) in [5.74, 6) is 4.07. The molecule has 0 radical (unpaired) electrons. The van der Waals surface area contributed by atoms with E-state index < -0.39 is 0 Å². The average Bonchev–Trinajstić information content (AvgIpc) is 2.88. The van der Waals surface area contributed by atoms with Crippen molar-refractivity contribution in [3.63, 3.8) is 0 Å². The van der Waals surface area contributed by atoms with E-state index in [-0.39, 0.29) is 0 Å². The van der Waals surface area contributed by atoms with Crippen molar-refractivity contribution in [2.75, 3.05) is 30.8 Å². The standard InChI is InChI=1S/C16H28N4O/c1-4-8-17-14-9-15(20-16(19-14)11-21-3)18-10-13-7-5-6-12(13)2/h9,12-13H,4-8,10-11H2,1-3H3,(H2,17,18,19,20). The molecule has 1 heterocycles. The van der Waals surface area contributed by atoms with Gasteiger partial charge in [0.1, 0.15) is 18.2 Å². The highest BCUT2D eigenvalue weighted by molar-refractivity contribution is 5.47. The lowest BCUT2D eigenvalue weighted by Crippen LogP contribution is -2.18. The molecule has 1 aliphatic rings. The Bertz CT molecular complexity index is 438. The Balaban J connectivity index is 2.00.